The Morgan fingerprint density at radius 1 is 0.962 bits per heavy atom. The van der Waals surface area contributed by atoms with Crippen LogP contribution >= 0.6 is 0 Å². The number of piperazine rings is 1. The summed E-state index contributed by atoms with van der Waals surface area (Å²) in [4.78, 5) is 65.8. The van der Waals surface area contributed by atoms with Crippen LogP contribution in [-0.4, -0.2) is 100.0 Å². The molecule has 3 aromatic rings. The minimum absolute atomic E-state index is 0.0911. The van der Waals surface area contributed by atoms with Crippen molar-refractivity contribution in [3.63, 3.8) is 0 Å². The number of carbonyl (C=O) groups excluding carboxylic acids is 4. The lowest BCUT2D eigenvalue weighted by atomic mass is 9.78. The summed E-state index contributed by atoms with van der Waals surface area (Å²) in [6, 6.07) is 12.0. The van der Waals surface area contributed by atoms with Crippen LogP contribution in [0.15, 0.2) is 48.8 Å². The molecule has 2 saturated carbocycles. The van der Waals surface area contributed by atoms with E-state index in [9.17, 15) is 19.2 Å². The Labute approximate surface area is 301 Å². The zero-order valence-electron chi connectivity index (χ0n) is 29.2. The highest BCUT2D eigenvalue weighted by Gasteiger charge is 2.45. The second-order valence-electron chi connectivity index (χ2n) is 15.4. The predicted molar refractivity (Wildman–Crippen MR) is 196 cm³/mol. The van der Waals surface area contributed by atoms with Crippen molar-refractivity contribution in [1.82, 2.24) is 30.4 Å². The third-order valence-corrected chi connectivity index (χ3v) is 11.9. The van der Waals surface area contributed by atoms with Crippen molar-refractivity contribution in [2.45, 2.75) is 75.5 Å². The van der Waals surface area contributed by atoms with Gasteiger partial charge in [-0.15, -0.1) is 0 Å². The monoisotopic (exact) mass is 701 g/mol. The summed E-state index contributed by atoms with van der Waals surface area (Å²) in [5.41, 5.74) is 6.43. The van der Waals surface area contributed by atoms with E-state index in [0.29, 0.717) is 36.3 Å². The number of likely N-dealkylation sites (tertiary alicyclic amines) is 1. The maximum atomic E-state index is 13.2. The van der Waals surface area contributed by atoms with Gasteiger partial charge >= 0.3 is 0 Å². The Morgan fingerprint density at radius 2 is 1.79 bits per heavy atom. The van der Waals surface area contributed by atoms with Crippen molar-refractivity contribution >= 4 is 57.3 Å². The third kappa shape index (κ3) is 5.90. The number of benzene rings is 2. The van der Waals surface area contributed by atoms with Crippen molar-refractivity contribution < 1.29 is 19.2 Å². The van der Waals surface area contributed by atoms with Crippen molar-refractivity contribution in [2.75, 3.05) is 36.9 Å². The van der Waals surface area contributed by atoms with Gasteiger partial charge in [0.2, 0.25) is 11.8 Å². The van der Waals surface area contributed by atoms with Crippen LogP contribution in [0.5, 0.6) is 0 Å². The highest BCUT2D eigenvalue weighted by Crippen LogP contribution is 2.38. The van der Waals surface area contributed by atoms with Crippen LogP contribution in [0.25, 0.3) is 16.6 Å². The highest BCUT2D eigenvalue weighted by atomic mass is 16.2. The molecule has 2 aliphatic carbocycles. The van der Waals surface area contributed by atoms with Crippen molar-refractivity contribution in [3.8, 4) is 0 Å². The number of hydrogen-bond acceptors (Lipinski definition) is 11. The number of imide groups is 2. The standard InChI is InChI=1S/C39H43N9O4/c1-46-19-27-15-26(46)20-47(27)25-5-7-31-32(16-25)43-18-33(44-31)30(36(40)22-2-3-22)17-42-24-12-21(13-24)10-11-41-23-4-6-28-29(14-23)39(52)48(38(28)51)34-8-9-35(49)45-37(34)50/h4-7,14,16-18,21-22,24,26-27,34,40-42H,2-3,8-13,15,19-20H2,1H3,(H,45,49,50)/b30-17-,40-36?/t21?,24?,26-,27-,34?/m1/s1. The molecule has 5 fully saturated rings. The van der Waals surface area contributed by atoms with E-state index >= 15 is 0 Å². The Morgan fingerprint density at radius 3 is 2.54 bits per heavy atom. The van der Waals surface area contributed by atoms with E-state index in [-0.39, 0.29) is 29.9 Å². The van der Waals surface area contributed by atoms with Gasteiger partial charge in [-0.25, -0.2) is 4.98 Å². The number of nitrogens with one attached hydrogen (secondary N) is 4. The van der Waals surface area contributed by atoms with E-state index in [1.165, 1.54) is 12.1 Å². The van der Waals surface area contributed by atoms with Gasteiger partial charge in [-0.05, 0) is 94.3 Å². The molecule has 5 heterocycles. The van der Waals surface area contributed by atoms with Crippen LogP contribution in [0, 0.1) is 17.2 Å². The molecule has 2 aromatic carbocycles. The minimum atomic E-state index is -0.974. The first-order valence-electron chi connectivity index (χ1n) is 18.6. The van der Waals surface area contributed by atoms with Crippen LogP contribution in [0.2, 0.25) is 0 Å². The Kier molecular flexibility index (Phi) is 8.05. The number of hydrogen-bond donors (Lipinski definition) is 4. The number of allylic oxidation sites excluding steroid dienone is 1. The summed E-state index contributed by atoms with van der Waals surface area (Å²) in [7, 11) is 2.22. The van der Waals surface area contributed by atoms with Crippen LogP contribution < -0.4 is 20.9 Å². The molecule has 4 aliphatic heterocycles. The Bertz CT molecular complexity index is 2050. The molecule has 268 valence electrons. The zero-order chi connectivity index (χ0) is 35.7. The maximum Gasteiger partial charge on any atom is 0.262 e. The summed E-state index contributed by atoms with van der Waals surface area (Å²) in [6.45, 7) is 2.88. The molecular weight excluding hydrogens is 658 g/mol. The van der Waals surface area contributed by atoms with Gasteiger partial charge in [-0.3, -0.25) is 39.3 Å². The molecule has 1 unspecified atom stereocenters. The summed E-state index contributed by atoms with van der Waals surface area (Å²) < 4.78 is 0. The smallest absolute Gasteiger partial charge is 0.262 e. The largest absolute Gasteiger partial charge is 0.388 e. The first kappa shape index (κ1) is 32.7. The highest BCUT2D eigenvalue weighted by molar-refractivity contribution is 6.24. The quantitative estimate of drug-likeness (QED) is 0.172. The van der Waals surface area contributed by atoms with Crippen LogP contribution in [-0.2, 0) is 9.59 Å². The Balaban J connectivity index is 0.792. The van der Waals surface area contributed by atoms with Crippen LogP contribution in [0.4, 0.5) is 11.4 Å². The van der Waals surface area contributed by atoms with Crippen LogP contribution in [0.3, 0.4) is 0 Å². The lowest BCUT2D eigenvalue weighted by molar-refractivity contribution is -0.136. The number of piperidine rings is 1. The number of carbonyl (C=O) groups is 4. The fraction of sp³-hybridized carbons (Fsp3) is 0.462. The Hall–Kier alpha value is -5.17. The summed E-state index contributed by atoms with van der Waals surface area (Å²) in [5, 5.41) is 18.1. The van der Waals surface area contributed by atoms with Crippen molar-refractivity contribution in [2.24, 2.45) is 11.8 Å². The normalized spacial score (nSPS) is 27.2. The number of amides is 4. The molecule has 4 N–H and O–H groups in total. The molecule has 6 aliphatic rings. The SMILES string of the molecule is CN1C[C@H]2C[C@@H]1CN2c1ccc2nc(/C(=C/NC3CC(CCNc4ccc5c(c4)C(=O)N(C4CCC(=O)NC4=O)C5=O)C3)C(=N)C3CC3)cnc2c1. The van der Waals surface area contributed by atoms with Gasteiger partial charge in [-0.2, -0.15) is 0 Å². The fourth-order valence-electron chi connectivity index (χ4n) is 8.68. The minimum Gasteiger partial charge on any atom is -0.388 e. The molecule has 2 bridgehead atoms. The van der Waals surface area contributed by atoms with E-state index in [4.69, 9.17) is 15.4 Å². The van der Waals surface area contributed by atoms with E-state index in [0.717, 1.165) is 78.1 Å². The summed E-state index contributed by atoms with van der Waals surface area (Å²) in [6.07, 6.45) is 10.3. The first-order valence-corrected chi connectivity index (χ1v) is 18.6. The topological polar surface area (TPSA) is 164 Å². The van der Waals surface area contributed by atoms with Gasteiger partial charge in [0.05, 0.1) is 34.1 Å². The fourth-order valence-corrected chi connectivity index (χ4v) is 8.68. The van der Waals surface area contributed by atoms with E-state index in [1.54, 1.807) is 18.2 Å². The van der Waals surface area contributed by atoms with Gasteiger partial charge in [0.15, 0.2) is 0 Å². The van der Waals surface area contributed by atoms with Crippen molar-refractivity contribution in [1.29, 1.82) is 5.41 Å². The number of aromatic nitrogens is 2. The zero-order valence-corrected chi connectivity index (χ0v) is 29.2. The van der Waals surface area contributed by atoms with Gasteiger partial charge in [0, 0.05) is 79.0 Å². The summed E-state index contributed by atoms with van der Waals surface area (Å²) >= 11 is 0. The van der Waals surface area contributed by atoms with Crippen molar-refractivity contribution in [3.05, 3.63) is 65.6 Å². The molecule has 1 aromatic heterocycles. The average Bonchev–Trinajstić information content (AvgIpc) is 3.74. The second kappa shape index (κ2) is 12.8. The maximum absolute atomic E-state index is 13.2. The molecular formula is C39H43N9O4. The first-order chi connectivity index (χ1) is 25.2. The number of nitrogens with zero attached hydrogens (tertiary/aromatic N) is 5. The molecule has 13 heteroatoms. The van der Waals surface area contributed by atoms with E-state index < -0.39 is 29.7 Å². The average molecular weight is 702 g/mol. The molecule has 52 heavy (non-hydrogen) atoms. The third-order valence-electron chi connectivity index (χ3n) is 11.9. The van der Waals surface area contributed by atoms with Gasteiger partial charge < -0.3 is 20.9 Å². The van der Waals surface area contributed by atoms with Crippen LogP contribution in [0.1, 0.15) is 77.8 Å². The molecule has 9 rings (SSSR count). The molecule has 3 saturated heterocycles. The van der Waals surface area contributed by atoms with E-state index in [2.05, 4.69) is 51.0 Å². The number of rotatable bonds is 11. The number of anilines is 2. The van der Waals surface area contributed by atoms with E-state index in [1.807, 2.05) is 12.4 Å². The summed E-state index contributed by atoms with van der Waals surface area (Å²) in [5.74, 6) is -1.20. The molecule has 0 spiro atoms. The predicted octanol–water partition coefficient (Wildman–Crippen LogP) is 3.56. The number of fused-ring (bicyclic) bond motifs is 4. The molecule has 13 nitrogen and oxygen atoms in total. The van der Waals surface area contributed by atoms with Gasteiger partial charge in [0.1, 0.15) is 6.04 Å². The molecule has 3 atom stereocenters. The number of likely N-dealkylation sites (N-methyl/N-ethyl adjacent to an activating group) is 1. The molecule has 0 radical (unpaired) electrons. The van der Waals surface area contributed by atoms with Gasteiger partial charge in [-0.1, -0.05) is 0 Å². The second-order valence-corrected chi connectivity index (χ2v) is 15.4. The lowest BCUT2D eigenvalue weighted by Gasteiger charge is -2.36. The van der Waals surface area contributed by atoms with Gasteiger partial charge in [0.25, 0.3) is 11.8 Å². The lowest BCUT2D eigenvalue weighted by Crippen LogP contribution is -2.54. The molecule has 4 amide bonds.